The molecule has 0 radical (unpaired) electrons. The fourth-order valence-corrected chi connectivity index (χ4v) is 3.02. The van der Waals surface area contributed by atoms with Crippen molar-refractivity contribution < 1.29 is 42.7 Å². The third-order valence-corrected chi connectivity index (χ3v) is 4.99. The summed E-state index contributed by atoms with van der Waals surface area (Å²) in [6.45, 7) is 9.85. The molecule has 1 amide bonds. The summed E-state index contributed by atoms with van der Waals surface area (Å²) in [6.07, 6.45) is -0.907. The summed E-state index contributed by atoms with van der Waals surface area (Å²) in [7, 11) is 0. The molecule has 1 aliphatic rings. The lowest BCUT2D eigenvalue weighted by atomic mass is 10.1. The number of aromatic nitrogens is 1. The maximum Gasteiger partial charge on any atom is 0.309 e. The Morgan fingerprint density at radius 1 is 0.939 bits per heavy atom. The van der Waals surface area contributed by atoms with Crippen LogP contribution in [-0.2, 0) is 33.3 Å². The zero-order valence-electron chi connectivity index (χ0n) is 19.8. The molecular weight excluding hydrogens is 432 g/mol. The van der Waals surface area contributed by atoms with Gasteiger partial charge in [0.1, 0.15) is 18.3 Å². The number of ether oxygens (including phenoxy) is 4. The van der Waals surface area contributed by atoms with E-state index in [-0.39, 0.29) is 18.1 Å². The summed E-state index contributed by atoms with van der Waals surface area (Å²) in [5.74, 6) is -3.41. The second-order valence-corrected chi connectivity index (χ2v) is 8.87. The number of primary amides is 1. The summed E-state index contributed by atoms with van der Waals surface area (Å²) in [5, 5.41) is 0. The van der Waals surface area contributed by atoms with E-state index in [0.717, 1.165) is 0 Å². The SMILES string of the molecule is CC(C)C(=O)OC[C@H]1O[C@@H]([n+]2cccc(C(N)=O)c2)[C@H](OC(=O)C(C)C)[C@@H]1OC(=O)C(C)C. The largest absolute Gasteiger partial charge is 0.463 e. The Hall–Kier alpha value is -3.01. The van der Waals surface area contributed by atoms with Crippen molar-refractivity contribution in [2.45, 2.75) is 66.1 Å². The molecule has 1 fully saturated rings. The van der Waals surface area contributed by atoms with Gasteiger partial charge < -0.3 is 24.7 Å². The number of pyridine rings is 1. The highest BCUT2D eigenvalue weighted by molar-refractivity contribution is 5.92. The van der Waals surface area contributed by atoms with Crippen LogP contribution < -0.4 is 10.3 Å². The van der Waals surface area contributed by atoms with Gasteiger partial charge in [-0.1, -0.05) is 41.5 Å². The van der Waals surface area contributed by atoms with Gasteiger partial charge in [-0.3, -0.25) is 19.2 Å². The molecule has 10 nitrogen and oxygen atoms in total. The molecule has 0 aromatic carbocycles. The van der Waals surface area contributed by atoms with Crippen LogP contribution in [0.1, 0.15) is 58.1 Å². The van der Waals surface area contributed by atoms with Crippen LogP contribution in [0.4, 0.5) is 0 Å². The van der Waals surface area contributed by atoms with Crippen LogP contribution in [0.2, 0.25) is 0 Å². The standard InChI is InChI=1S/C23H32N2O8/c1-12(2)21(27)30-11-16-17(32-22(28)13(3)4)18(33-23(29)14(5)6)20(31-16)25-9-7-8-15(10-25)19(24)26/h7-10,12-14,16-18,20H,11H2,1-6H3,(H-,24,26)/p+1/t16-,17-,18-,20-/m1/s1. The second-order valence-electron chi connectivity index (χ2n) is 8.87. The lowest BCUT2D eigenvalue weighted by molar-refractivity contribution is -0.765. The molecule has 0 bridgehead atoms. The van der Waals surface area contributed by atoms with Crippen LogP contribution in [0.5, 0.6) is 0 Å². The highest BCUT2D eigenvalue weighted by Gasteiger charge is 2.55. The van der Waals surface area contributed by atoms with Crippen molar-refractivity contribution >= 4 is 23.8 Å². The van der Waals surface area contributed by atoms with Gasteiger partial charge in [0, 0.05) is 6.07 Å². The molecule has 1 aliphatic heterocycles. The molecule has 182 valence electrons. The van der Waals surface area contributed by atoms with Gasteiger partial charge in [-0.05, 0) is 6.07 Å². The first kappa shape index (κ1) is 26.2. The first-order valence-corrected chi connectivity index (χ1v) is 11.0. The van der Waals surface area contributed by atoms with Gasteiger partial charge in [0.15, 0.2) is 18.5 Å². The van der Waals surface area contributed by atoms with Crippen molar-refractivity contribution in [2.24, 2.45) is 23.5 Å². The minimum Gasteiger partial charge on any atom is -0.463 e. The first-order chi connectivity index (χ1) is 15.4. The number of carbonyl (C=O) groups is 4. The highest BCUT2D eigenvalue weighted by atomic mass is 16.7. The van der Waals surface area contributed by atoms with Crippen LogP contribution in [0.15, 0.2) is 24.5 Å². The van der Waals surface area contributed by atoms with Crippen LogP contribution in [0, 0.1) is 17.8 Å². The number of amides is 1. The van der Waals surface area contributed by atoms with E-state index in [1.807, 2.05) is 0 Å². The van der Waals surface area contributed by atoms with Gasteiger partial charge in [-0.2, -0.15) is 4.57 Å². The first-order valence-electron chi connectivity index (χ1n) is 11.0. The highest BCUT2D eigenvalue weighted by Crippen LogP contribution is 2.32. The van der Waals surface area contributed by atoms with Gasteiger partial charge in [0.05, 0.1) is 17.8 Å². The van der Waals surface area contributed by atoms with E-state index >= 15 is 0 Å². The summed E-state index contributed by atoms with van der Waals surface area (Å²) in [4.78, 5) is 48.6. The molecule has 2 rings (SSSR count). The monoisotopic (exact) mass is 465 g/mol. The van der Waals surface area contributed by atoms with Crippen molar-refractivity contribution in [2.75, 3.05) is 6.61 Å². The topological polar surface area (TPSA) is 135 Å². The zero-order chi connectivity index (χ0) is 24.9. The smallest absolute Gasteiger partial charge is 0.309 e. The Labute approximate surface area is 193 Å². The molecule has 2 heterocycles. The maximum atomic E-state index is 12.5. The lowest BCUT2D eigenvalue weighted by Crippen LogP contribution is -2.49. The molecule has 1 aromatic rings. The van der Waals surface area contributed by atoms with E-state index in [9.17, 15) is 19.2 Å². The van der Waals surface area contributed by atoms with Crippen molar-refractivity contribution in [3.05, 3.63) is 30.1 Å². The van der Waals surface area contributed by atoms with Gasteiger partial charge in [-0.15, -0.1) is 0 Å². The van der Waals surface area contributed by atoms with E-state index in [1.165, 1.54) is 16.8 Å². The average Bonchev–Trinajstić information content (AvgIpc) is 3.08. The molecule has 4 atom stereocenters. The van der Waals surface area contributed by atoms with Gasteiger partial charge in [-0.25, -0.2) is 0 Å². The quantitative estimate of drug-likeness (QED) is 0.328. The van der Waals surface area contributed by atoms with Gasteiger partial charge in [0.2, 0.25) is 6.10 Å². The molecule has 0 spiro atoms. The van der Waals surface area contributed by atoms with Crippen LogP contribution in [0.3, 0.4) is 0 Å². The Bertz CT molecular complexity index is 883. The molecular formula is C23H33N2O8+. The molecule has 0 unspecified atom stereocenters. The minimum atomic E-state index is -1.06. The van der Waals surface area contributed by atoms with Crippen molar-refractivity contribution in [3.63, 3.8) is 0 Å². The Morgan fingerprint density at radius 2 is 1.48 bits per heavy atom. The fraction of sp³-hybridized carbons (Fsp3) is 0.609. The van der Waals surface area contributed by atoms with E-state index in [0.29, 0.717) is 0 Å². The minimum absolute atomic E-state index is 0.209. The Balaban J connectivity index is 2.45. The number of carbonyl (C=O) groups excluding carboxylic acids is 4. The third-order valence-electron chi connectivity index (χ3n) is 4.99. The summed E-state index contributed by atoms with van der Waals surface area (Å²) in [6, 6.07) is 3.12. The molecule has 0 aliphatic carbocycles. The second kappa shape index (κ2) is 11.2. The Morgan fingerprint density at radius 3 is 2.00 bits per heavy atom. The third kappa shape index (κ3) is 6.74. The lowest BCUT2D eigenvalue weighted by Gasteiger charge is -2.24. The predicted molar refractivity (Wildman–Crippen MR) is 114 cm³/mol. The molecule has 0 saturated carbocycles. The van der Waals surface area contributed by atoms with Gasteiger partial charge in [0.25, 0.3) is 5.91 Å². The van der Waals surface area contributed by atoms with E-state index < -0.39 is 60.2 Å². The number of hydrogen-bond acceptors (Lipinski definition) is 8. The van der Waals surface area contributed by atoms with Crippen molar-refractivity contribution in [3.8, 4) is 0 Å². The molecule has 1 aromatic heterocycles. The van der Waals surface area contributed by atoms with E-state index in [2.05, 4.69) is 0 Å². The zero-order valence-corrected chi connectivity index (χ0v) is 19.8. The predicted octanol–water partition coefficient (Wildman–Crippen LogP) is 1.31. The maximum absolute atomic E-state index is 12.5. The average molecular weight is 466 g/mol. The summed E-state index contributed by atoms with van der Waals surface area (Å²) in [5.41, 5.74) is 5.60. The van der Waals surface area contributed by atoms with Crippen LogP contribution in [-0.4, -0.2) is 48.7 Å². The molecule has 33 heavy (non-hydrogen) atoms. The fourth-order valence-electron chi connectivity index (χ4n) is 3.02. The van der Waals surface area contributed by atoms with Gasteiger partial charge >= 0.3 is 24.1 Å². The van der Waals surface area contributed by atoms with Crippen LogP contribution >= 0.6 is 0 Å². The Kier molecular flexibility index (Phi) is 8.92. The van der Waals surface area contributed by atoms with Crippen molar-refractivity contribution in [1.29, 1.82) is 0 Å². The molecule has 2 N–H and O–H groups in total. The normalized spacial score (nSPS) is 22.5. The molecule has 1 saturated heterocycles. The number of rotatable bonds is 9. The number of esters is 3. The molecule has 10 heteroatoms. The number of nitrogens with two attached hydrogens (primary N) is 1. The van der Waals surface area contributed by atoms with E-state index in [4.69, 9.17) is 24.7 Å². The number of hydrogen-bond donors (Lipinski definition) is 1. The summed E-state index contributed by atoms with van der Waals surface area (Å²) >= 11 is 0. The van der Waals surface area contributed by atoms with Crippen LogP contribution in [0.25, 0.3) is 0 Å². The summed E-state index contributed by atoms with van der Waals surface area (Å²) < 4.78 is 24.3. The van der Waals surface area contributed by atoms with E-state index in [1.54, 1.807) is 53.8 Å². The number of nitrogens with zero attached hydrogens (tertiary/aromatic N) is 1. The van der Waals surface area contributed by atoms with Crippen molar-refractivity contribution in [1.82, 2.24) is 0 Å².